The zero-order valence-corrected chi connectivity index (χ0v) is 25.5. The Bertz CT molecular complexity index is 3240. The van der Waals surface area contributed by atoms with Crippen LogP contribution in [-0.4, -0.2) is 14.5 Å². The van der Waals surface area contributed by atoms with Gasteiger partial charge in [0.25, 0.3) is 0 Å². The van der Waals surface area contributed by atoms with Gasteiger partial charge in [0.15, 0.2) is 5.82 Å². The smallest absolute Gasteiger partial charge is 0.165 e. The zero-order valence-electron chi connectivity index (χ0n) is 25.5. The Morgan fingerprint density at radius 1 is 0.438 bits per heavy atom. The van der Waals surface area contributed by atoms with E-state index in [0.717, 1.165) is 50.3 Å². The third-order valence-electron chi connectivity index (χ3n) is 10.5. The number of benzene rings is 8. The molecule has 0 bridgehead atoms. The van der Waals surface area contributed by atoms with E-state index in [1.807, 2.05) is 12.1 Å². The van der Waals surface area contributed by atoms with E-state index in [9.17, 15) is 0 Å². The Kier molecular flexibility index (Phi) is 4.44. The first-order valence-electron chi connectivity index (χ1n) is 16.3. The van der Waals surface area contributed by atoms with E-state index in [1.54, 1.807) is 0 Å². The highest BCUT2D eigenvalue weighted by atomic mass is 16.3. The number of hydrogen-bond donors (Lipinski definition) is 0. The number of nitrogens with zero attached hydrogens (tertiary/aromatic N) is 3. The largest absolute Gasteiger partial charge is 0.456 e. The maximum Gasteiger partial charge on any atom is 0.165 e. The van der Waals surface area contributed by atoms with Gasteiger partial charge in [0.2, 0.25) is 0 Å². The fraction of sp³-hybridized carbons (Fsp3) is 0. The van der Waals surface area contributed by atoms with Gasteiger partial charge < -0.3 is 4.42 Å². The van der Waals surface area contributed by atoms with E-state index >= 15 is 0 Å². The average Bonchev–Trinajstić information content (AvgIpc) is 3.65. The Labute approximate surface area is 273 Å². The Morgan fingerprint density at radius 2 is 1.10 bits per heavy atom. The molecule has 3 aromatic heterocycles. The van der Waals surface area contributed by atoms with Crippen LogP contribution in [0.3, 0.4) is 0 Å². The monoisotopic (exact) mass is 609 g/mol. The van der Waals surface area contributed by atoms with Crippen LogP contribution >= 0.6 is 0 Å². The molecule has 0 saturated carbocycles. The maximum absolute atomic E-state index is 6.54. The van der Waals surface area contributed by atoms with Crippen LogP contribution in [-0.2, 0) is 0 Å². The van der Waals surface area contributed by atoms with Gasteiger partial charge in [-0.15, -0.1) is 0 Å². The fourth-order valence-corrected chi connectivity index (χ4v) is 8.45. The highest BCUT2D eigenvalue weighted by Gasteiger charge is 2.27. The first kappa shape index (κ1) is 24.7. The molecule has 0 aliphatic heterocycles. The number of para-hydroxylation sites is 2. The van der Waals surface area contributed by atoms with Crippen molar-refractivity contribution in [3.63, 3.8) is 0 Å². The molecule has 48 heavy (non-hydrogen) atoms. The molecule has 0 radical (unpaired) electrons. The number of hydrogen-bond acceptors (Lipinski definition) is 3. The van der Waals surface area contributed by atoms with Crippen molar-refractivity contribution < 1.29 is 4.42 Å². The van der Waals surface area contributed by atoms with Gasteiger partial charge in [-0.05, 0) is 80.5 Å². The topological polar surface area (TPSA) is 43.9 Å². The molecular weight excluding hydrogens is 587 g/mol. The second-order valence-electron chi connectivity index (χ2n) is 12.9. The summed E-state index contributed by atoms with van der Waals surface area (Å²) in [4.78, 5) is 10.8. The van der Waals surface area contributed by atoms with Crippen LogP contribution in [0, 0.1) is 0 Å². The molecule has 12 rings (SSSR count). The van der Waals surface area contributed by atoms with E-state index in [-0.39, 0.29) is 0 Å². The molecule has 0 fully saturated rings. The van der Waals surface area contributed by atoms with Crippen LogP contribution in [0.2, 0.25) is 0 Å². The van der Waals surface area contributed by atoms with Crippen LogP contribution in [0.25, 0.3) is 115 Å². The van der Waals surface area contributed by atoms with Crippen molar-refractivity contribution in [3.8, 4) is 28.2 Å². The second-order valence-corrected chi connectivity index (χ2v) is 12.9. The Morgan fingerprint density at radius 3 is 2.02 bits per heavy atom. The molecule has 220 valence electrons. The molecule has 0 unspecified atom stereocenters. The highest BCUT2D eigenvalue weighted by molar-refractivity contribution is 6.37. The number of rotatable bonds is 2. The predicted octanol–water partition coefficient (Wildman–Crippen LogP) is 11.7. The summed E-state index contributed by atoms with van der Waals surface area (Å²) in [6.45, 7) is 0. The summed E-state index contributed by atoms with van der Waals surface area (Å²) in [5.41, 5.74) is 10.1. The van der Waals surface area contributed by atoms with Gasteiger partial charge in [-0.1, -0.05) is 97.1 Å². The lowest BCUT2D eigenvalue weighted by molar-refractivity contribution is 0.669. The lowest BCUT2D eigenvalue weighted by Crippen LogP contribution is -2.03. The summed E-state index contributed by atoms with van der Waals surface area (Å²) in [6.07, 6.45) is 0. The summed E-state index contributed by atoms with van der Waals surface area (Å²) < 4.78 is 8.87. The number of fused-ring (bicyclic) bond motifs is 5. The van der Waals surface area contributed by atoms with Gasteiger partial charge in [0.05, 0.1) is 22.1 Å². The van der Waals surface area contributed by atoms with E-state index in [1.165, 1.54) is 65.0 Å². The molecule has 0 spiro atoms. The summed E-state index contributed by atoms with van der Waals surface area (Å²) in [5.74, 6) is 0.817. The standard InChI is InChI=1S/C44H23N3O/c1-2-9-28-24(7-1)15-16-26-23-27(17-19-29(26)28)43-44(46-33-13-4-3-12-32(33)45-43)47-34-14-6-11-31-30-10-5-8-25-18-21-36-41(38(25)30)42-37(48-36)22-20-35(47)40(42)39(31)34/h1-23H. The van der Waals surface area contributed by atoms with E-state index in [4.69, 9.17) is 14.4 Å². The Balaban J connectivity index is 1.25. The van der Waals surface area contributed by atoms with Crippen LogP contribution in [0.4, 0.5) is 0 Å². The molecule has 0 atom stereocenters. The highest BCUT2D eigenvalue weighted by Crippen LogP contribution is 2.51. The van der Waals surface area contributed by atoms with Crippen molar-refractivity contribution >= 4 is 87.1 Å². The first-order valence-corrected chi connectivity index (χ1v) is 16.3. The summed E-state index contributed by atoms with van der Waals surface area (Å²) in [6, 6.07) is 49.8. The van der Waals surface area contributed by atoms with E-state index in [2.05, 4.69) is 132 Å². The van der Waals surface area contributed by atoms with Gasteiger partial charge in [0, 0.05) is 32.5 Å². The molecule has 4 nitrogen and oxygen atoms in total. The van der Waals surface area contributed by atoms with Gasteiger partial charge in [0.1, 0.15) is 16.9 Å². The van der Waals surface area contributed by atoms with Crippen molar-refractivity contribution in [3.05, 3.63) is 140 Å². The molecule has 0 N–H and O–H groups in total. The molecule has 3 heterocycles. The molecule has 4 heteroatoms. The third kappa shape index (κ3) is 3.00. The summed E-state index contributed by atoms with van der Waals surface area (Å²) in [7, 11) is 0. The average molecular weight is 610 g/mol. The van der Waals surface area contributed by atoms with Crippen LogP contribution < -0.4 is 0 Å². The van der Waals surface area contributed by atoms with Gasteiger partial charge >= 0.3 is 0 Å². The fourth-order valence-electron chi connectivity index (χ4n) is 8.45. The van der Waals surface area contributed by atoms with Crippen molar-refractivity contribution in [1.29, 1.82) is 0 Å². The van der Waals surface area contributed by atoms with E-state index < -0.39 is 0 Å². The molecular formula is C44H23N3O. The van der Waals surface area contributed by atoms with E-state index in [0.29, 0.717) is 0 Å². The second kappa shape index (κ2) is 8.64. The maximum atomic E-state index is 6.54. The quantitative estimate of drug-likeness (QED) is 0.183. The third-order valence-corrected chi connectivity index (χ3v) is 10.5. The first-order chi connectivity index (χ1) is 23.8. The minimum absolute atomic E-state index is 0.817. The van der Waals surface area contributed by atoms with Crippen molar-refractivity contribution in [2.75, 3.05) is 0 Å². The minimum Gasteiger partial charge on any atom is -0.456 e. The number of furan rings is 1. The van der Waals surface area contributed by atoms with Crippen LogP contribution in [0.15, 0.2) is 144 Å². The Hall–Kier alpha value is -6.52. The molecule has 0 saturated heterocycles. The predicted molar refractivity (Wildman–Crippen MR) is 198 cm³/mol. The van der Waals surface area contributed by atoms with Crippen molar-refractivity contribution in [2.24, 2.45) is 0 Å². The number of aromatic nitrogens is 3. The normalized spacial score (nSPS) is 12.6. The summed E-state index contributed by atoms with van der Waals surface area (Å²) >= 11 is 0. The molecule has 1 aliphatic rings. The van der Waals surface area contributed by atoms with Crippen molar-refractivity contribution in [2.45, 2.75) is 0 Å². The molecule has 0 amide bonds. The van der Waals surface area contributed by atoms with Crippen molar-refractivity contribution in [1.82, 2.24) is 14.5 Å². The van der Waals surface area contributed by atoms with Gasteiger partial charge in [-0.25, -0.2) is 9.97 Å². The summed E-state index contributed by atoms with van der Waals surface area (Å²) in [5, 5.41) is 12.2. The molecule has 1 aliphatic carbocycles. The molecule has 8 aromatic carbocycles. The molecule has 11 aromatic rings. The zero-order chi connectivity index (χ0) is 31.1. The van der Waals surface area contributed by atoms with Gasteiger partial charge in [-0.2, -0.15) is 0 Å². The minimum atomic E-state index is 0.817. The SMILES string of the molecule is c1ccc2c(c1)ccc1cc(-c3nc4ccccc4nc3-n3c4cccc5c4c4c6c(ccc43)oc3ccc4cccc-5c4c36)ccc12. The van der Waals surface area contributed by atoms with Crippen LogP contribution in [0.1, 0.15) is 0 Å². The van der Waals surface area contributed by atoms with Gasteiger partial charge in [-0.3, -0.25) is 4.57 Å². The van der Waals surface area contributed by atoms with Crippen LogP contribution in [0.5, 0.6) is 0 Å². The lowest BCUT2D eigenvalue weighted by Gasteiger charge is -2.15. The lowest BCUT2D eigenvalue weighted by atomic mass is 9.95.